The van der Waals surface area contributed by atoms with Crippen LogP contribution in [-0.4, -0.2) is 49.9 Å². The van der Waals surface area contributed by atoms with Crippen LogP contribution in [0, 0.1) is 5.92 Å². The van der Waals surface area contributed by atoms with Crippen molar-refractivity contribution >= 4 is 11.6 Å². The number of ether oxygens (including phenoxy) is 1. The van der Waals surface area contributed by atoms with Gasteiger partial charge in [0.15, 0.2) is 0 Å². The number of aromatic nitrogens is 2. The summed E-state index contributed by atoms with van der Waals surface area (Å²) in [6, 6.07) is 2.09. The van der Waals surface area contributed by atoms with Gasteiger partial charge in [-0.1, -0.05) is 6.92 Å². The topological polar surface area (TPSA) is 41.5 Å². The van der Waals surface area contributed by atoms with Gasteiger partial charge in [0.1, 0.15) is 18.0 Å². The van der Waals surface area contributed by atoms with Crippen LogP contribution in [0.5, 0.6) is 0 Å². The third-order valence-corrected chi connectivity index (χ3v) is 3.79. The Morgan fingerprint density at radius 3 is 3.05 bits per heavy atom. The lowest BCUT2D eigenvalue weighted by molar-refractivity contribution is 0.154. The number of hydrogen-bond donors (Lipinski definition) is 0. The number of piperidine rings is 1. The third kappa shape index (κ3) is 4.07. The van der Waals surface area contributed by atoms with E-state index in [2.05, 4.69) is 32.8 Å². The van der Waals surface area contributed by atoms with Gasteiger partial charge in [-0.2, -0.15) is 0 Å². The van der Waals surface area contributed by atoms with E-state index in [0.29, 0.717) is 0 Å². The van der Waals surface area contributed by atoms with E-state index in [1.54, 1.807) is 6.33 Å². The van der Waals surface area contributed by atoms with Gasteiger partial charge in [-0.15, -0.1) is 0 Å². The van der Waals surface area contributed by atoms with Crippen LogP contribution in [0.25, 0.3) is 0 Å². The molecule has 1 aromatic rings. The largest absolute Gasteiger partial charge is 0.380 e. The second-order valence-corrected chi connectivity index (χ2v) is 5.55. The van der Waals surface area contributed by atoms with Crippen LogP contribution in [0.2, 0.25) is 0 Å². The summed E-state index contributed by atoms with van der Waals surface area (Å²) in [6.45, 7) is 8.85. The average molecular weight is 278 g/mol. The number of likely N-dealkylation sites (N-methyl/N-ethyl adjacent to an activating group) is 1. The molecule has 0 aliphatic carbocycles. The molecule has 20 heavy (non-hydrogen) atoms. The van der Waals surface area contributed by atoms with Crippen molar-refractivity contribution < 1.29 is 4.74 Å². The zero-order valence-corrected chi connectivity index (χ0v) is 12.9. The van der Waals surface area contributed by atoms with Gasteiger partial charge in [-0.25, -0.2) is 9.97 Å². The van der Waals surface area contributed by atoms with Crippen molar-refractivity contribution in [2.45, 2.75) is 26.7 Å². The molecule has 1 atom stereocenters. The highest BCUT2D eigenvalue weighted by Crippen LogP contribution is 2.23. The van der Waals surface area contributed by atoms with E-state index in [0.717, 1.165) is 50.4 Å². The highest BCUT2D eigenvalue weighted by Gasteiger charge is 2.18. The van der Waals surface area contributed by atoms with Crippen LogP contribution in [0.3, 0.4) is 0 Å². The first-order valence-electron chi connectivity index (χ1n) is 7.56. The third-order valence-electron chi connectivity index (χ3n) is 3.79. The summed E-state index contributed by atoms with van der Waals surface area (Å²) in [7, 11) is 2.05. The molecule has 112 valence electrons. The van der Waals surface area contributed by atoms with E-state index in [1.807, 2.05) is 14.0 Å². The number of anilines is 2. The van der Waals surface area contributed by atoms with Gasteiger partial charge in [0.05, 0.1) is 6.61 Å². The fourth-order valence-electron chi connectivity index (χ4n) is 2.58. The molecule has 0 saturated carbocycles. The Balaban J connectivity index is 1.99. The Morgan fingerprint density at radius 2 is 2.30 bits per heavy atom. The summed E-state index contributed by atoms with van der Waals surface area (Å²) < 4.78 is 5.39. The standard InChI is InChI=1S/C15H26N4O/c1-4-20-9-8-18(3)14-10-15(17-12-16-14)19-7-5-6-13(2)11-19/h10,12-13H,4-9,11H2,1-3H3. The lowest BCUT2D eigenvalue weighted by atomic mass is 10.0. The maximum absolute atomic E-state index is 5.39. The lowest BCUT2D eigenvalue weighted by Crippen LogP contribution is -2.35. The molecular formula is C15H26N4O. The summed E-state index contributed by atoms with van der Waals surface area (Å²) in [5, 5.41) is 0. The molecule has 1 aliphatic rings. The molecule has 0 amide bonds. The SMILES string of the molecule is CCOCCN(C)c1cc(N2CCCC(C)C2)ncn1. The highest BCUT2D eigenvalue weighted by molar-refractivity contribution is 5.49. The second kappa shape index (κ2) is 7.43. The van der Waals surface area contributed by atoms with E-state index >= 15 is 0 Å². The smallest absolute Gasteiger partial charge is 0.134 e. The van der Waals surface area contributed by atoms with Gasteiger partial charge < -0.3 is 14.5 Å². The molecule has 0 radical (unpaired) electrons. The summed E-state index contributed by atoms with van der Waals surface area (Å²) >= 11 is 0. The molecule has 1 unspecified atom stereocenters. The van der Waals surface area contributed by atoms with Gasteiger partial charge >= 0.3 is 0 Å². The minimum atomic E-state index is 0.729. The monoisotopic (exact) mass is 278 g/mol. The van der Waals surface area contributed by atoms with Crippen LogP contribution in [0.1, 0.15) is 26.7 Å². The molecule has 0 aromatic carbocycles. The molecular weight excluding hydrogens is 252 g/mol. The Morgan fingerprint density at radius 1 is 1.45 bits per heavy atom. The van der Waals surface area contributed by atoms with E-state index in [1.165, 1.54) is 12.8 Å². The molecule has 5 heteroatoms. The maximum atomic E-state index is 5.39. The Kier molecular flexibility index (Phi) is 5.59. The van der Waals surface area contributed by atoms with Gasteiger partial charge in [0.25, 0.3) is 0 Å². The first-order chi connectivity index (χ1) is 9.70. The molecule has 2 rings (SSSR count). The normalized spacial score (nSPS) is 19.1. The highest BCUT2D eigenvalue weighted by atomic mass is 16.5. The predicted octanol–water partition coefficient (Wildman–Crippen LogP) is 2.19. The Hall–Kier alpha value is -1.36. The zero-order valence-electron chi connectivity index (χ0n) is 12.9. The van der Waals surface area contributed by atoms with E-state index in [4.69, 9.17) is 4.74 Å². The van der Waals surface area contributed by atoms with Gasteiger partial charge in [-0.3, -0.25) is 0 Å². The fourth-order valence-corrected chi connectivity index (χ4v) is 2.58. The molecule has 5 nitrogen and oxygen atoms in total. The summed E-state index contributed by atoms with van der Waals surface area (Å²) in [5.41, 5.74) is 0. The minimum absolute atomic E-state index is 0.729. The average Bonchev–Trinajstić information content (AvgIpc) is 2.47. The first kappa shape index (κ1) is 15.0. The molecule has 1 saturated heterocycles. The van der Waals surface area contributed by atoms with Crippen molar-refractivity contribution in [3.63, 3.8) is 0 Å². The van der Waals surface area contributed by atoms with Gasteiger partial charge in [0.2, 0.25) is 0 Å². The Bertz CT molecular complexity index is 413. The summed E-state index contributed by atoms with van der Waals surface area (Å²) in [4.78, 5) is 13.3. The van der Waals surface area contributed by atoms with Gasteiger partial charge in [-0.05, 0) is 25.7 Å². The molecule has 1 fully saturated rings. The van der Waals surface area contributed by atoms with E-state index in [9.17, 15) is 0 Å². The quantitative estimate of drug-likeness (QED) is 0.746. The van der Waals surface area contributed by atoms with Gasteiger partial charge in [0, 0.05) is 39.4 Å². The summed E-state index contributed by atoms with van der Waals surface area (Å²) in [6.07, 6.45) is 4.24. The van der Waals surface area contributed by atoms with Crippen molar-refractivity contribution in [2.24, 2.45) is 5.92 Å². The number of nitrogens with zero attached hydrogens (tertiary/aromatic N) is 4. The van der Waals surface area contributed by atoms with Crippen LogP contribution in [-0.2, 0) is 4.74 Å². The van der Waals surface area contributed by atoms with Crippen LogP contribution in [0.15, 0.2) is 12.4 Å². The van der Waals surface area contributed by atoms with Crippen molar-refractivity contribution in [3.05, 3.63) is 12.4 Å². The summed E-state index contributed by atoms with van der Waals surface area (Å²) in [5.74, 6) is 2.76. The predicted molar refractivity (Wildman–Crippen MR) is 82.4 cm³/mol. The fraction of sp³-hybridized carbons (Fsp3) is 0.733. The first-order valence-corrected chi connectivity index (χ1v) is 7.56. The molecule has 1 aliphatic heterocycles. The van der Waals surface area contributed by atoms with E-state index in [-0.39, 0.29) is 0 Å². The second-order valence-electron chi connectivity index (χ2n) is 5.55. The molecule has 0 N–H and O–H groups in total. The Labute approximate surface area is 122 Å². The van der Waals surface area contributed by atoms with Crippen molar-refractivity contribution in [2.75, 3.05) is 49.7 Å². The molecule has 0 spiro atoms. The van der Waals surface area contributed by atoms with Crippen molar-refractivity contribution in [3.8, 4) is 0 Å². The van der Waals surface area contributed by atoms with E-state index < -0.39 is 0 Å². The molecule has 0 bridgehead atoms. The molecule has 2 heterocycles. The van der Waals surface area contributed by atoms with Crippen molar-refractivity contribution in [1.29, 1.82) is 0 Å². The lowest BCUT2D eigenvalue weighted by Gasteiger charge is -2.32. The number of rotatable bonds is 6. The van der Waals surface area contributed by atoms with Crippen LogP contribution >= 0.6 is 0 Å². The van der Waals surface area contributed by atoms with Crippen LogP contribution in [0.4, 0.5) is 11.6 Å². The molecule has 1 aromatic heterocycles. The number of hydrogen-bond acceptors (Lipinski definition) is 5. The maximum Gasteiger partial charge on any atom is 0.134 e. The minimum Gasteiger partial charge on any atom is -0.380 e. The van der Waals surface area contributed by atoms with Crippen molar-refractivity contribution in [1.82, 2.24) is 9.97 Å². The van der Waals surface area contributed by atoms with Crippen LogP contribution < -0.4 is 9.80 Å². The zero-order chi connectivity index (χ0) is 14.4.